The zero-order valence-electron chi connectivity index (χ0n) is 9.43. The van der Waals surface area contributed by atoms with Crippen molar-refractivity contribution in [1.29, 1.82) is 0 Å². The van der Waals surface area contributed by atoms with Crippen molar-refractivity contribution in [3.05, 3.63) is 48.7 Å². The van der Waals surface area contributed by atoms with E-state index in [-0.39, 0.29) is 0 Å². The van der Waals surface area contributed by atoms with Gasteiger partial charge in [0.05, 0.1) is 7.57 Å². The lowest BCUT2D eigenvalue weighted by Gasteiger charge is -2.05. The van der Waals surface area contributed by atoms with Crippen molar-refractivity contribution < 1.29 is 0 Å². The molecular formula is C12H7Br2N3S2. The van der Waals surface area contributed by atoms with Crippen molar-refractivity contribution in [2.75, 3.05) is 0 Å². The van der Waals surface area contributed by atoms with E-state index in [4.69, 9.17) is 12.2 Å². The summed E-state index contributed by atoms with van der Waals surface area (Å²) in [4.78, 5) is 0. The van der Waals surface area contributed by atoms with Gasteiger partial charge in [-0.1, -0.05) is 18.2 Å². The first-order valence-electron chi connectivity index (χ1n) is 5.35. The average Bonchev–Trinajstić information content (AvgIpc) is 2.93. The van der Waals surface area contributed by atoms with Crippen LogP contribution in [0.2, 0.25) is 0 Å². The van der Waals surface area contributed by atoms with Crippen molar-refractivity contribution in [2.24, 2.45) is 0 Å². The zero-order valence-corrected chi connectivity index (χ0v) is 14.2. The number of para-hydroxylation sites is 1. The topological polar surface area (TPSA) is 33.6 Å². The minimum absolute atomic E-state index is 0.579. The quantitative estimate of drug-likeness (QED) is 0.583. The Bertz CT molecular complexity index is 774. The molecule has 0 aliphatic heterocycles. The molecule has 3 aromatic rings. The third-order valence-electron chi connectivity index (χ3n) is 2.58. The van der Waals surface area contributed by atoms with Crippen LogP contribution in [-0.2, 0) is 0 Å². The van der Waals surface area contributed by atoms with Gasteiger partial charge in [0, 0.05) is 11.3 Å². The van der Waals surface area contributed by atoms with E-state index in [1.807, 2.05) is 41.0 Å². The number of benzene rings is 1. The molecule has 1 aromatic carbocycles. The van der Waals surface area contributed by atoms with Crippen molar-refractivity contribution >= 4 is 55.4 Å². The molecule has 0 aliphatic rings. The van der Waals surface area contributed by atoms with Crippen LogP contribution in [-0.4, -0.2) is 14.8 Å². The van der Waals surface area contributed by atoms with Crippen molar-refractivity contribution in [1.82, 2.24) is 14.8 Å². The molecule has 0 saturated heterocycles. The number of H-pyrrole nitrogens is 1. The standard InChI is InChI=1S/C12H7Br2N3S2/c13-9-6-8(10(14)19-9)11-15-16-12(18)17(11)7-4-2-1-3-5-7/h1-6H,(H,16,18). The number of halogens is 2. The van der Waals surface area contributed by atoms with E-state index in [0.717, 1.165) is 24.6 Å². The normalized spacial score (nSPS) is 10.8. The Morgan fingerprint density at radius 2 is 1.95 bits per heavy atom. The fourth-order valence-electron chi connectivity index (χ4n) is 1.79. The molecule has 0 aliphatic carbocycles. The third-order valence-corrected chi connectivity index (χ3v) is 5.20. The first-order valence-corrected chi connectivity index (χ1v) is 8.16. The lowest BCUT2D eigenvalue weighted by molar-refractivity contribution is 1.04. The molecule has 0 spiro atoms. The molecule has 1 N–H and O–H groups in total. The van der Waals surface area contributed by atoms with Crippen LogP contribution in [0.5, 0.6) is 0 Å². The summed E-state index contributed by atoms with van der Waals surface area (Å²) in [5, 5.41) is 7.19. The minimum atomic E-state index is 0.579. The van der Waals surface area contributed by atoms with Gasteiger partial charge in [-0.05, 0) is 62.3 Å². The van der Waals surface area contributed by atoms with E-state index >= 15 is 0 Å². The second-order valence-corrected chi connectivity index (χ2v) is 7.90. The molecule has 0 unspecified atom stereocenters. The Morgan fingerprint density at radius 1 is 1.21 bits per heavy atom. The molecule has 0 atom stereocenters. The molecule has 0 amide bonds. The van der Waals surface area contributed by atoms with Crippen LogP contribution in [0.15, 0.2) is 44.0 Å². The van der Waals surface area contributed by atoms with Crippen LogP contribution in [0.4, 0.5) is 0 Å². The van der Waals surface area contributed by atoms with Crippen molar-refractivity contribution in [3.8, 4) is 17.1 Å². The van der Waals surface area contributed by atoms with E-state index in [1.165, 1.54) is 0 Å². The number of hydrogen-bond donors (Lipinski definition) is 1. The molecule has 2 heterocycles. The molecule has 19 heavy (non-hydrogen) atoms. The highest BCUT2D eigenvalue weighted by atomic mass is 79.9. The van der Waals surface area contributed by atoms with Crippen molar-refractivity contribution in [3.63, 3.8) is 0 Å². The summed E-state index contributed by atoms with van der Waals surface area (Å²) >= 11 is 14.0. The Hall–Kier alpha value is -0.760. The number of aromatic amines is 1. The summed E-state index contributed by atoms with van der Waals surface area (Å²) in [5.41, 5.74) is 2.00. The van der Waals surface area contributed by atoms with Gasteiger partial charge >= 0.3 is 0 Å². The highest BCUT2D eigenvalue weighted by Gasteiger charge is 2.15. The van der Waals surface area contributed by atoms with Crippen LogP contribution < -0.4 is 0 Å². The maximum Gasteiger partial charge on any atom is 0.200 e. The van der Waals surface area contributed by atoms with Gasteiger partial charge in [-0.15, -0.1) is 11.3 Å². The molecule has 3 nitrogen and oxygen atoms in total. The average molecular weight is 417 g/mol. The fourth-order valence-corrected chi connectivity index (χ4v) is 4.81. The Balaban J connectivity index is 2.25. The molecule has 0 bridgehead atoms. The largest absolute Gasteiger partial charge is 0.268 e. The summed E-state index contributed by atoms with van der Waals surface area (Å²) in [6.07, 6.45) is 0. The van der Waals surface area contributed by atoms with Crippen LogP contribution in [0.1, 0.15) is 0 Å². The van der Waals surface area contributed by atoms with Crippen LogP contribution in [0.3, 0.4) is 0 Å². The highest BCUT2D eigenvalue weighted by Crippen LogP contribution is 2.38. The smallest absolute Gasteiger partial charge is 0.200 e. The number of hydrogen-bond acceptors (Lipinski definition) is 3. The lowest BCUT2D eigenvalue weighted by atomic mass is 10.3. The first-order chi connectivity index (χ1) is 9.16. The van der Waals surface area contributed by atoms with Gasteiger partial charge in [-0.2, -0.15) is 5.10 Å². The summed E-state index contributed by atoms with van der Waals surface area (Å²) in [5.74, 6) is 0.796. The zero-order chi connectivity index (χ0) is 13.4. The molecule has 96 valence electrons. The number of nitrogens with one attached hydrogen (secondary N) is 1. The van der Waals surface area contributed by atoms with Gasteiger partial charge in [0.25, 0.3) is 0 Å². The van der Waals surface area contributed by atoms with Gasteiger partial charge < -0.3 is 0 Å². The second-order valence-electron chi connectivity index (χ2n) is 3.76. The summed E-state index contributed by atoms with van der Waals surface area (Å²) in [6.45, 7) is 0. The second kappa shape index (κ2) is 5.32. The monoisotopic (exact) mass is 415 g/mol. The summed E-state index contributed by atoms with van der Waals surface area (Å²) < 4.78 is 4.57. The molecular weight excluding hydrogens is 410 g/mol. The Kier molecular flexibility index (Phi) is 3.70. The number of aromatic nitrogens is 3. The predicted octanol–water partition coefficient (Wildman–Crippen LogP) is 5.18. The Morgan fingerprint density at radius 3 is 2.58 bits per heavy atom. The SMILES string of the molecule is S=c1[nH]nc(-c2cc(Br)sc2Br)n1-c1ccccc1. The maximum absolute atomic E-state index is 5.33. The van der Waals surface area contributed by atoms with E-state index in [1.54, 1.807) is 11.3 Å². The molecule has 0 saturated carbocycles. The molecule has 7 heteroatoms. The van der Waals surface area contributed by atoms with Gasteiger partial charge in [0.1, 0.15) is 0 Å². The lowest BCUT2D eigenvalue weighted by Crippen LogP contribution is -1.96. The van der Waals surface area contributed by atoms with Crippen molar-refractivity contribution in [2.45, 2.75) is 0 Å². The van der Waals surface area contributed by atoms with Crippen LogP contribution in [0, 0.1) is 4.77 Å². The Labute approximate surface area is 135 Å². The van der Waals surface area contributed by atoms with Gasteiger partial charge in [-0.25, -0.2) is 0 Å². The molecule has 3 rings (SSSR count). The number of thiophene rings is 1. The minimum Gasteiger partial charge on any atom is -0.268 e. The summed E-state index contributed by atoms with van der Waals surface area (Å²) in [6, 6.07) is 12.0. The van der Waals surface area contributed by atoms with Gasteiger partial charge in [0.15, 0.2) is 10.6 Å². The molecule has 0 fully saturated rings. The van der Waals surface area contributed by atoms with Crippen LogP contribution >= 0.6 is 55.4 Å². The van der Waals surface area contributed by atoms with E-state index in [9.17, 15) is 0 Å². The van der Waals surface area contributed by atoms with E-state index in [2.05, 4.69) is 42.1 Å². The first kappa shape index (κ1) is 13.2. The predicted molar refractivity (Wildman–Crippen MR) is 87.5 cm³/mol. The molecule has 2 aromatic heterocycles. The summed E-state index contributed by atoms with van der Waals surface area (Å²) in [7, 11) is 0. The van der Waals surface area contributed by atoms with Crippen LogP contribution in [0.25, 0.3) is 17.1 Å². The van der Waals surface area contributed by atoms with E-state index < -0.39 is 0 Å². The maximum atomic E-state index is 5.33. The fraction of sp³-hybridized carbons (Fsp3) is 0. The third kappa shape index (κ3) is 2.47. The highest BCUT2D eigenvalue weighted by molar-refractivity contribution is 9.12. The molecule has 0 radical (unpaired) electrons. The number of nitrogens with zero attached hydrogens (tertiary/aromatic N) is 2. The van der Waals surface area contributed by atoms with Gasteiger partial charge in [-0.3, -0.25) is 9.67 Å². The number of rotatable bonds is 2. The van der Waals surface area contributed by atoms with Gasteiger partial charge in [0.2, 0.25) is 0 Å². The van der Waals surface area contributed by atoms with E-state index in [0.29, 0.717) is 4.77 Å².